The zero-order chi connectivity index (χ0) is 12.1. The molecule has 2 atom stereocenters. The smallest absolute Gasteiger partial charge is 0.124 e. The van der Waals surface area contributed by atoms with Gasteiger partial charge in [0.15, 0.2) is 0 Å². The predicted molar refractivity (Wildman–Crippen MR) is 64.0 cm³/mol. The maximum atomic E-state index is 12.8. The van der Waals surface area contributed by atoms with E-state index in [-0.39, 0.29) is 18.0 Å². The van der Waals surface area contributed by atoms with Gasteiger partial charge in [-0.15, -0.1) is 0 Å². The van der Waals surface area contributed by atoms with Gasteiger partial charge in [-0.3, -0.25) is 0 Å². The van der Waals surface area contributed by atoms with E-state index in [0.29, 0.717) is 18.0 Å². The Labute approximate surface area is 100 Å². The minimum atomic E-state index is -0.328. The highest BCUT2D eigenvalue weighted by molar-refractivity contribution is 6.31. The molecule has 0 aromatic heterocycles. The summed E-state index contributed by atoms with van der Waals surface area (Å²) in [5.74, 6) is -0.328. The fourth-order valence-corrected chi connectivity index (χ4v) is 1.78. The number of aliphatic hydroxyl groups excluding tert-OH is 1. The number of hydrogen-bond donors (Lipinski definition) is 2. The molecule has 0 spiro atoms. The Hall–Kier alpha value is -0.640. The zero-order valence-electron chi connectivity index (χ0n) is 9.50. The van der Waals surface area contributed by atoms with Crippen molar-refractivity contribution >= 4 is 11.6 Å². The molecule has 0 aliphatic rings. The molecule has 2 N–H and O–H groups in total. The van der Waals surface area contributed by atoms with E-state index in [2.05, 4.69) is 5.32 Å². The standard InChI is InChI=1S/C12H17ClFNO/c1-8(5-9(2)16)15-7-10-3-4-11(14)6-12(10)13/h3-4,6,8-9,15-16H,5,7H2,1-2H3. The van der Waals surface area contributed by atoms with E-state index in [4.69, 9.17) is 11.6 Å². The molecule has 2 nitrogen and oxygen atoms in total. The Morgan fingerprint density at radius 2 is 2.12 bits per heavy atom. The monoisotopic (exact) mass is 245 g/mol. The molecule has 0 aliphatic carbocycles. The average molecular weight is 246 g/mol. The lowest BCUT2D eigenvalue weighted by Crippen LogP contribution is -2.28. The lowest BCUT2D eigenvalue weighted by molar-refractivity contribution is 0.170. The van der Waals surface area contributed by atoms with Crippen molar-refractivity contribution in [1.29, 1.82) is 0 Å². The van der Waals surface area contributed by atoms with Crippen LogP contribution < -0.4 is 5.32 Å². The van der Waals surface area contributed by atoms with Crippen molar-refractivity contribution in [3.63, 3.8) is 0 Å². The molecule has 0 aliphatic heterocycles. The highest BCUT2D eigenvalue weighted by atomic mass is 35.5. The molecule has 90 valence electrons. The number of rotatable bonds is 5. The SMILES string of the molecule is CC(O)CC(C)NCc1ccc(F)cc1Cl. The lowest BCUT2D eigenvalue weighted by atomic mass is 10.1. The van der Waals surface area contributed by atoms with Crippen LogP contribution in [-0.2, 0) is 6.54 Å². The first-order valence-corrected chi connectivity index (χ1v) is 5.72. The minimum absolute atomic E-state index is 0.195. The summed E-state index contributed by atoms with van der Waals surface area (Å²) < 4.78 is 12.8. The van der Waals surface area contributed by atoms with Crippen molar-refractivity contribution < 1.29 is 9.50 Å². The summed E-state index contributed by atoms with van der Waals surface area (Å²) in [5, 5.41) is 12.8. The van der Waals surface area contributed by atoms with Crippen molar-refractivity contribution in [1.82, 2.24) is 5.32 Å². The summed E-state index contributed by atoms with van der Waals surface area (Å²) in [7, 11) is 0. The largest absolute Gasteiger partial charge is 0.393 e. The zero-order valence-corrected chi connectivity index (χ0v) is 10.3. The van der Waals surface area contributed by atoms with Crippen LogP contribution in [-0.4, -0.2) is 17.3 Å². The maximum Gasteiger partial charge on any atom is 0.124 e. The summed E-state index contributed by atoms with van der Waals surface area (Å²) in [6, 6.07) is 4.56. The molecule has 0 saturated heterocycles. The van der Waals surface area contributed by atoms with Crippen LogP contribution in [0.2, 0.25) is 5.02 Å². The third kappa shape index (κ3) is 4.47. The van der Waals surface area contributed by atoms with E-state index < -0.39 is 0 Å². The van der Waals surface area contributed by atoms with E-state index in [9.17, 15) is 9.50 Å². The first kappa shape index (κ1) is 13.4. The van der Waals surface area contributed by atoms with Gasteiger partial charge in [0.25, 0.3) is 0 Å². The molecule has 2 unspecified atom stereocenters. The second kappa shape index (κ2) is 6.18. The predicted octanol–water partition coefficient (Wildman–Crippen LogP) is 2.73. The fraction of sp³-hybridized carbons (Fsp3) is 0.500. The van der Waals surface area contributed by atoms with Crippen molar-refractivity contribution in [3.8, 4) is 0 Å². The molecule has 0 bridgehead atoms. The Bertz CT molecular complexity index is 344. The molecule has 4 heteroatoms. The average Bonchev–Trinajstić information content (AvgIpc) is 2.15. The summed E-state index contributed by atoms with van der Waals surface area (Å²) in [5.41, 5.74) is 0.862. The minimum Gasteiger partial charge on any atom is -0.393 e. The number of benzene rings is 1. The van der Waals surface area contributed by atoms with Gasteiger partial charge in [0.2, 0.25) is 0 Å². The van der Waals surface area contributed by atoms with Crippen LogP contribution in [0, 0.1) is 5.82 Å². The van der Waals surface area contributed by atoms with E-state index in [1.165, 1.54) is 12.1 Å². The van der Waals surface area contributed by atoms with Crippen LogP contribution in [0.3, 0.4) is 0 Å². The molecular formula is C12H17ClFNO. The summed E-state index contributed by atoms with van der Waals surface area (Å²) in [4.78, 5) is 0. The molecule has 0 fully saturated rings. The Kier molecular flexibility index (Phi) is 5.19. The number of halogens is 2. The summed E-state index contributed by atoms with van der Waals surface area (Å²) in [6.45, 7) is 4.32. The van der Waals surface area contributed by atoms with Gasteiger partial charge in [-0.1, -0.05) is 17.7 Å². The molecule has 0 saturated carbocycles. The van der Waals surface area contributed by atoms with Gasteiger partial charge >= 0.3 is 0 Å². The van der Waals surface area contributed by atoms with Crippen molar-refractivity contribution in [2.45, 2.75) is 39.0 Å². The van der Waals surface area contributed by atoms with Gasteiger partial charge in [-0.25, -0.2) is 4.39 Å². The van der Waals surface area contributed by atoms with Crippen LogP contribution in [0.1, 0.15) is 25.8 Å². The third-order valence-corrected chi connectivity index (χ3v) is 2.70. The quantitative estimate of drug-likeness (QED) is 0.836. The fourth-order valence-electron chi connectivity index (χ4n) is 1.54. The van der Waals surface area contributed by atoms with Crippen LogP contribution in [0.5, 0.6) is 0 Å². The van der Waals surface area contributed by atoms with Crippen LogP contribution >= 0.6 is 11.6 Å². The Balaban J connectivity index is 2.48. The van der Waals surface area contributed by atoms with Gasteiger partial charge in [0.05, 0.1) is 6.10 Å². The summed E-state index contributed by atoms with van der Waals surface area (Å²) >= 11 is 5.89. The molecule has 1 rings (SSSR count). The van der Waals surface area contributed by atoms with E-state index in [0.717, 1.165) is 5.56 Å². The highest BCUT2D eigenvalue weighted by Gasteiger charge is 2.07. The van der Waals surface area contributed by atoms with Crippen LogP contribution in [0.25, 0.3) is 0 Å². The van der Waals surface area contributed by atoms with E-state index >= 15 is 0 Å². The van der Waals surface area contributed by atoms with Crippen molar-refractivity contribution in [2.75, 3.05) is 0 Å². The van der Waals surface area contributed by atoms with Gasteiger partial charge in [-0.05, 0) is 38.0 Å². The second-order valence-corrected chi connectivity index (χ2v) is 4.51. The third-order valence-electron chi connectivity index (χ3n) is 2.35. The molecule has 1 aromatic carbocycles. The van der Waals surface area contributed by atoms with E-state index in [1.54, 1.807) is 13.0 Å². The van der Waals surface area contributed by atoms with Gasteiger partial charge in [0, 0.05) is 17.6 Å². The molecule has 0 radical (unpaired) electrons. The Morgan fingerprint density at radius 1 is 1.44 bits per heavy atom. The maximum absolute atomic E-state index is 12.8. The van der Waals surface area contributed by atoms with Crippen LogP contribution in [0.4, 0.5) is 4.39 Å². The first-order chi connectivity index (χ1) is 7.49. The number of hydrogen-bond acceptors (Lipinski definition) is 2. The van der Waals surface area contributed by atoms with Crippen LogP contribution in [0.15, 0.2) is 18.2 Å². The highest BCUT2D eigenvalue weighted by Crippen LogP contribution is 2.17. The number of nitrogens with one attached hydrogen (secondary N) is 1. The van der Waals surface area contributed by atoms with Gasteiger partial charge in [0.1, 0.15) is 5.82 Å². The molecular weight excluding hydrogens is 229 g/mol. The van der Waals surface area contributed by atoms with E-state index in [1.807, 2.05) is 6.92 Å². The second-order valence-electron chi connectivity index (χ2n) is 4.10. The normalized spacial score (nSPS) is 14.8. The Morgan fingerprint density at radius 3 is 2.69 bits per heavy atom. The molecule has 0 amide bonds. The molecule has 1 aromatic rings. The van der Waals surface area contributed by atoms with Crippen molar-refractivity contribution in [3.05, 3.63) is 34.6 Å². The molecule has 16 heavy (non-hydrogen) atoms. The topological polar surface area (TPSA) is 32.3 Å². The lowest BCUT2D eigenvalue weighted by Gasteiger charge is -2.15. The van der Waals surface area contributed by atoms with Gasteiger partial charge < -0.3 is 10.4 Å². The van der Waals surface area contributed by atoms with Gasteiger partial charge in [-0.2, -0.15) is 0 Å². The van der Waals surface area contributed by atoms with Crippen molar-refractivity contribution in [2.24, 2.45) is 0 Å². The summed E-state index contributed by atoms with van der Waals surface area (Å²) in [6.07, 6.45) is 0.352. The number of aliphatic hydroxyl groups is 1. The first-order valence-electron chi connectivity index (χ1n) is 5.34. The molecule has 0 heterocycles.